The van der Waals surface area contributed by atoms with E-state index < -0.39 is 128 Å². The van der Waals surface area contributed by atoms with E-state index in [2.05, 4.69) is 5.32 Å². The summed E-state index contributed by atoms with van der Waals surface area (Å²) in [6.45, 7) is 2.84. The normalized spacial score (nSPS) is 29.5. The number of benzene rings is 3. The maximum Gasteiger partial charge on any atom is 0.339 e. The van der Waals surface area contributed by atoms with Crippen molar-refractivity contribution in [2.75, 3.05) is 21.3 Å². The van der Waals surface area contributed by atoms with E-state index in [4.69, 9.17) is 23.7 Å². The molecule has 8 atom stereocenters. The van der Waals surface area contributed by atoms with Crippen LogP contribution in [0.1, 0.15) is 81.0 Å². The first-order chi connectivity index (χ1) is 26.6. The summed E-state index contributed by atoms with van der Waals surface area (Å²) < 4.78 is 28.4. The van der Waals surface area contributed by atoms with Crippen LogP contribution in [0.25, 0.3) is 0 Å². The molecule has 294 valence electrons. The summed E-state index contributed by atoms with van der Waals surface area (Å²) in [4.78, 5) is 70.3. The van der Waals surface area contributed by atoms with E-state index in [1.165, 1.54) is 27.2 Å². The molecule has 0 radical (unpaired) electrons. The van der Waals surface area contributed by atoms with Crippen LogP contribution in [0.2, 0.25) is 0 Å². The zero-order chi connectivity index (χ0) is 40.6. The number of carboxylic acids is 1. The Labute approximate surface area is 319 Å². The van der Waals surface area contributed by atoms with Crippen molar-refractivity contribution in [2.24, 2.45) is 0 Å². The van der Waals surface area contributed by atoms with Gasteiger partial charge in [-0.15, -0.1) is 0 Å². The van der Waals surface area contributed by atoms with Crippen LogP contribution >= 0.6 is 0 Å². The van der Waals surface area contributed by atoms with Crippen LogP contribution in [0, 0.1) is 6.92 Å². The molecule has 0 saturated carbocycles. The number of aromatic hydroxyl groups is 1. The molecule has 56 heavy (non-hydrogen) atoms. The molecule has 1 saturated heterocycles. The molecule has 3 unspecified atom stereocenters. The van der Waals surface area contributed by atoms with E-state index in [9.17, 15) is 44.7 Å². The Morgan fingerprint density at radius 1 is 0.964 bits per heavy atom. The third-order valence-corrected chi connectivity index (χ3v) is 11.2. The number of ether oxygens (including phenoxy) is 5. The molecule has 0 aromatic heterocycles. The average molecular weight is 774 g/mol. The monoisotopic (exact) mass is 773 g/mol. The van der Waals surface area contributed by atoms with E-state index in [-0.39, 0.29) is 23.4 Å². The molecule has 0 spiro atoms. The number of ketones is 4. The number of carbonyl (C=O) groups excluding carboxylic acids is 4. The van der Waals surface area contributed by atoms with Crippen molar-refractivity contribution in [3.05, 3.63) is 104 Å². The lowest BCUT2D eigenvalue weighted by molar-refractivity contribution is -0.236. The second-order valence-electron chi connectivity index (χ2n) is 14.2. The molecule has 1 heterocycles. The molecule has 3 aliphatic carbocycles. The van der Waals surface area contributed by atoms with Gasteiger partial charge in [0, 0.05) is 50.5 Å². The van der Waals surface area contributed by atoms with Crippen molar-refractivity contribution in [3.63, 3.8) is 0 Å². The van der Waals surface area contributed by atoms with Crippen LogP contribution < -0.4 is 10.1 Å². The average Bonchev–Trinajstić information content (AvgIpc) is 3.15. The van der Waals surface area contributed by atoms with Crippen molar-refractivity contribution < 1.29 is 73.2 Å². The maximum absolute atomic E-state index is 15.0. The Morgan fingerprint density at radius 2 is 1.64 bits per heavy atom. The second-order valence-corrected chi connectivity index (χ2v) is 14.2. The predicted octanol–water partition coefficient (Wildman–Crippen LogP) is 1.54. The lowest BCUT2D eigenvalue weighted by Gasteiger charge is -2.53. The van der Waals surface area contributed by atoms with Gasteiger partial charge in [0.25, 0.3) is 0 Å². The zero-order valence-electron chi connectivity index (χ0n) is 30.8. The first-order valence-corrected chi connectivity index (χ1v) is 17.6. The summed E-state index contributed by atoms with van der Waals surface area (Å²) in [7, 11) is 3.62. The summed E-state index contributed by atoms with van der Waals surface area (Å²) >= 11 is 0. The largest absolute Gasteiger partial charge is 0.506 e. The molecular formula is C40H39NO15. The van der Waals surface area contributed by atoms with Crippen LogP contribution in [-0.4, -0.2) is 118 Å². The number of allylic oxidation sites excluding steroid dienone is 2. The molecule has 7 rings (SSSR count). The summed E-state index contributed by atoms with van der Waals surface area (Å²) in [5.74, 6) is -7.61. The first-order valence-electron chi connectivity index (χ1n) is 17.6. The van der Waals surface area contributed by atoms with Crippen LogP contribution in [0.5, 0.6) is 11.5 Å². The van der Waals surface area contributed by atoms with E-state index in [1.54, 1.807) is 37.3 Å². The predicted molar refractivity (Wildman–Crippen MR) is 191 cm³/mol. The molecule has 3 aromatic carbocycles. The minimum absolute atomic E-state index is 0.0676. The second kappa shape index (κ2) is 14.0. The fourth-order valence-corrected chi connectivity index (χ4v) is 8.61. The molecule has 0 amide bonds. The molecule has 4 aliphatic rings. The van der Waals surface area contributed by atoms with Crippen molar-refractivity contribution in [1.82, 2.24) is 5.32 Å². The summed E-state index contributed by atoms with van der Waals surface area (Å²) in [5.41, 5.74) is -9.27. The number of aliphatic hydroxyl groups excluding tert-OH is 2. The van der Waals surface area contributed by atoms with E-state index in [1.807, 2.05) is 0 Å². The molecule has 6 N–H and O–H groups in total. The highest BCUT2D eigenvalue weighted by atomic mass is 16.6. The quantitative estimate of drug-likeness (QED) is 0.181. The van der Waals surface area contributed by atoms with E-state index in [0.29, 0.717) is 5.56 Å². The number of nitrogens with one attached hydrogen (secondary N) is 1. The van der Waals surface area contributed by atoms with E-state index >= 15 is 4.79 Å². The fraction of sp³-hybridized carbons (Fsp3) is 0.375. The number of aromatic carboxylic acids is 1. The van der Waals surface area contributed by atoms with Gasteiger partial charge in [-0.1, -0.05) is 36.4 Å². The summed E-state index contributed by atoms with van der Waals surface area (Å²) in [6, 6.07) is 10.8. The Kier molecular flexibility index (Phi) is 9.73. The molecule has 1 aliphatic heterocycles. The number of hydrogen-bond donors (Lipinski definition) is 6. The minimum Gasteiger partial charge on any atom is -0.506 e. The fourth-order valence-electron chi connectivity index (χ4n) is 8.61. The molecule has 3 aromatic rings. The third-order valence-electron chi connectivity index (χ3n) is 11.2. The van der Waals surface area contributed by atoms with Gasteiger partial charge in [0.05, 0.1) is 29.0 Å². The lowest BCUT2D eigenvalue weighted by Crippen LogP contribution is -2.73. The van der Waals surface area contributed by atoms with Crippen LogP contribution in [0.4, 0.5) is 0 Å². The number of methoxy groups -OCH3 is 3. The molecule has 16 nitrogen and oxygen atoms in total. The van der Waals surface area contributed by atoms with Crippen molar-refractivity contribution in [2.45, 2.75) is 74.8 Å². The molecule has 0 bridgehead atoms. The Morgan fingerprint density at radius 3 is 2.27 bits per heavy atom. The van der Waals surface area contributed by atoms with Crippen LogP contribution in [0.15, 0.2) is 54.2 Å². The highest BCUT2D eigenvalue weighted by Crippen LogP contribution is 2.57. The number of phenolic OH excluding ortho intramolecular Hbond substituents is 1. The summed E-state index contributed by atoms with van der Waals surface area (Å²) in [5, 5.41) is 60.3. The Balaban J connectivity index is 1.39. The number of carbonyl (C=O) groups is 5. The Hall–Kier alpha value is -5.33. The van der Waals surface area contributed by atoms with Crippen LogP contribution in [0.3, 0.4) is 0 Å². The van der Waals surface area contributed by atoms with Gasteiger partial charge in [-0.05, 0) is 36.6 Å². The number of hydrogen-bond acceptors (Lipinski definition) is 15. The minimum atomic E-state index is -3.21. The summed E-state index contributed by atoms with van der Waals surface area (Å²) in [6.07, 6.45) is -6.57. The van der Waals surface area contributed by atoms with Gasteiger partial charge in [-0.25, -0.2) is 4.79 Å². The number of phenols is 1. The number of rotatable bonds is 9. The van der Waals surface area contributed by atoms with Crippen molar-refractivity contribution in [3.8, 4) is 11.5 Å². The number of carboxylic acid groups (broad SMARTS) is 1. The highest BCUT2D eigenvalue weighted by Gasteiger charge is 2.73. The van der Waals surface area contributed by atoms with Gasteiger partial charge in [-0.2, -0.15) is 0 Å². The maximum atomic E-state index is 15.0. The topological polar surface area (TPSA) is 245 Å². The first kappa shape index (κ1) is 38.9. The SMILES string of the molecule is CO[C@@H]1[C@@H](O)[C@@H](OC)[C@@H](NC2=CC(=O)c3c(cc4c(c3O)C(=O)C3(OC)C(O)Cc5cc(C)c(C(=O)O)c(OCc6ccccc6)c5C3(O)C4=O)C2=O)O[C@H]1C. The molecular weight excluding hydrogens is 734 g/mol. The number of Topliss-reactive ketones (excluding diaryl/α,β-unsaturated/α-hetero) is 3. The van der Waals surface area contributed by atoms with Gasteiger partial charge < -0.3 is 54.5 Å². The van der Waals surface area contributed by atoms with Gasteiger partial charge in [0.2, 0.25) is 17.3 Å². The zero-order valence-corrected chi connectivity index (χ0v) is 30.8. The number of fused-ring (bicyclic) bond motifs is 5. The van der Waals surface area contributed by atoms with Crippen molar-refractivity contribution >= 4 is 29.1 Å². The van der Waals surface area contributed by atoms with Gasteiger partial charge in [-0.3, -0.25) is 19.2 Å². The number of aryl methyl sites for hydroxylation is 1. The lowest BCUT2D eigenvalue weighted by atomic mass is 9.56. The van der Waals surface area contributed by atoms with Crippen LogP contribution in [-0.2, 0) is 37.6 Å². The highest BCUT2D eigenvalue weighted by molar-refractivity contribution is 6.31. The third kappa shape index (κ3) is 5.36. The smallest absolute Gasteiger partial charge is 0.339 e. The van der Waals surface area contributed by atoms with Gasteiger partial charge in [0.1, 0.15) is 42.0 Å². The van der Waals surface area contributed by atoms with E-state index in [0.717, 1.165) is 19.3 Å². The number of aliphatic hydroxyl groups is 3. The standard InChI is InChI=1S/C40H39NO15/c1-16-11-19-12-24(43)40(54-5)36(48)27-21(35(47)39(40,51)28(19)33(25(16)38(49)50)55-15-18-9-7-6-8-10-18)13-20-26(30(27)45)23(42)14-22(29(20)44)41-37-34(53-4)31(46)32(52-3)17(2)56-37/h6-11,13-14,17,24,31-32,34,37,41,43,45-46,51H,12,15H2,1-5H3,(H,49,50)/t17-,24?,31+,32-,34+,37-,39?,40?/m0/s1. The molecule has 16 heteroatoms. The van der Waals surface area contributed by atoms with Gasteiger partial charge >= 0.3 is 5.97 Å². The van der Waals surface area contributed by atoms with Crippen molar-refractivity contribution in [1.29, 1.82) is 0 Å². The Bertz CT molecular complexity index is 2230. The molecule has 1 fully saturated rings. The van der Waals surface area contributed by atoms with Gasteiger partial charge in [0.15, 0.2) is 23.2 Å².